The van der Waals surface area contributed by atoms with Gasteiger partial charge in [-0.2, -0.15) is 0 Å². The first-order valence-electron chi connectivity index (χ1n) is 9.31. The summed E-state index contributed by atoms with van der Waals surface area (Å²) in [7, 11) is -0.887. The largest absolute Gasteiger partial charge is 0.497 e. The van der Waals surface area contributed by atoms with Gasteiger partial charge in [-0.15, -0.1) is 21.5 Å². The van der Waals surface area contributed by atoms with E-state index in [0.29, 0.717) is 22.7 Å². The quantitative estimate of drug-likeness (QED) is 0.403. The van der Waals surface area contributed by atoms with Gasteiger partial charge in [0.1, 0.15) is 5.75 Å². The lowest BCUT2D eigenvalue weighted by atomic mass is 10.3. The van der Waals surface area contributed by atoms with E-state index in [1.165, 1.54) is 37.6 Å². The van der Waals surface area contributed by atoms with Crippen LogP contribution in [0.3, 0.4) is 0 Å². The summed E-state index contributed by atoms with van der Waals surface area (Å²) < 4.78 is 34.8. The minimum atomic E-state index is -3.88. The summed E-state index contributed by atoms with van der Waals surface area (Å²) in [6.45, 7) is 0. The molecule has 156 valence electrons. The number of sulfonamides is 1. The van der Waals surface area contributed by atoms with Crippen molar-refractivity contribution in [3.8, 4) is 16.5 Å². The van der Waals surface area contributed by atoms with Crippen LogP contribution in [-0.2, 0) is 10.0 Å². The molecule has 10 heteroatoms. The van der Waals surface area contributed by atoms with Gasteiger partial charge in [0.25, 0.3) is 10.0 Å². The van der Waals surface area contributed by atoms with Gasteiger partial charge in [-0.25, -0.2) is 17.7 Å². The zero-order valence-corrected chi connectivity index (χ0v) is 18.3. The van der Waals surface area contributed by atoms with E-state index in [0.717, 1.165) is 14.7 Å². The van der Waals surface area contributed by atoms with Crippen molar-refractivity contribution >= 4 is 43.9 Å². The lowest BCUT2D eigenvalue weighted by Crippen LogP contribution is -2.28. The Bertz CT molecular complexity index is 1490. The summed E-state index contributed by atoms with van der Waals surface area (Å²) in [6, 6.07) is 17.6. The Morgan fingerprint density at radius 3 is 2.48 bits per heavy atom. The zero-order valence-electron chi connectivity index (χ0n) is 16.6. The van der Waals surface area contributed by atoms with Crippen LogP contribution in [0.15, 0.2) is 70.9 Å². The molecule has 0 saturated carbocycles. The smallest absolute Gasteiger partial charge is 0.265 e. The van der Waals surface area contributed by atoms with Crippen LogP contribution in [-0.4, -0.2) is 42.2 Å². The highest BCUT2D eigenvalue weighted by molar-refractivity contribution is 7.92. The van der Waals surface area contributed by atoms with Crippen molar-refractivity contribution in [2.45, 2.75) is 4.90 Å². The Balaban J connectivity index is 1.74. The van der Waals surface area contributed by atoms with Crippen molar-refractivity contribution in [1.82, 2.24) is 19.6 Å². The molecule has 0 aliphatic heterocycles. The number of ether oxygens (including phenoxy) is 1. The third kappa shape index (κ3) is 3.11. The van der Waals surface area contributed by atoms with Crippen LogP contribution in [0.1, 0.15) is 0 Å². The highest BCUT2D eigenvalue weighted by Gasteiger charge is 2.27. The average molecular weight is 452 g/mol. The van der Waals surface area contributed by atoms with Gasteiger partial charge in [0.15, 0.2) is 11.6 Å². The minimum absolute atomic E-state index is 0.127. The van der Waals surface area contributed by atoms with Crippen molar-refractivity contribution in [3.05, 3.63) is 66.0 Å². The molecule has 0 saturated heterocycles. The molecule has 2 aromatic carbocycles. The van der Waals surface area contributed by atoms with E-state index >= 15 is 0 Å². The fraction of sp³-hybridized carbons (Fsp3) is 0.0952. The number of benzene rings is 2. The highest BCUT2D eigenvalue weighted by atomic mass is 32.2. The number of para-hydroxylation sites is 2. The van der Waals surface area contributed by atoms with Gasteiger partial charge in [-0.05, 0) is 47.8 Å². The Morgan fingerprint density at radius 1 is 1.00 bits per heavy atom. The van der Waals surface area contributed by atoms with E-state index in [-0.39, 0.29) is 10.7 Å². The molecule has 0 aliphatic rings. The molecule has 0 N–H and O–H groups in total. The predicted molar refractivity (Wildman–Crippen MR) is 120 cm³/mol. The number of rotatable bonds is 5. The number of methoxy groups -OCH3 is 1. The molecule has 0 amide bonds. The fourth-order valence-electron chi connectivity index (χ4n) is 3.37. The summed E-state index contributed by atoms with van der Waals surface area (Å²) in [5, 5.41) is 10.6. The third-order valence-corrected chi connectivity index (χ3v) is 7.60. The molecule has 0 radical (unpaired) electrons. The Kier molecular flexibility index (Phi) is 4.60. The standard InChI is InChI=1S/C21H17N5O3S2/c1-25(31(27,28)15-11-9-14(29-2)10-12-15)20-21-24-23-19(18-8-5-13-30-18)26(21)17-7-4-3-6-16(17)22-20/h3-13H,1-2H3. The number of nitrogens with zero attached hydrogens (tertiary/aromatic N) is 5. The van der Waals surface area contributed by atoms with E-state index in [4.69, 9.17) is 4.74 Å². The maximum Gasteiger partial charge on any atom is 0.265 e. The molecule has 0 atom stereocenters. The Labute approximate surface area is 182 Å². The lowest BCUT2D eigenvalue weighted by Gasteiger charge is -2.20. The van der Waals surface area contributed by atoms with Crippen LogP contribution < -0.4 is 9.04 Å². The number of aromatic nitrogens is 4. The maximum absolute atomic E-state index is 13.3. The summed E-state index contributed by atoms with van der Waals surface area (Å²) in [5.74, 6) is 1.41. The van der Waals surface area contributed by atoms with Crippen LogP contribution in [0.5, 0.6) is 5.75 Å². The van der Waals surface area contributed by atoms with Crippen molar-refractivity contribution < 1.29 is 13.2 Å². The summed E-state index contributed by atoms with van der Waals surface area (Å²) >= 11 is 1.54. The Hall–Kier alpha value is -3.50. The normalized spacial score (nSPS) is 11.8. The topological polar surface area (TPSA) is 89.7 Å². The third-order valence-electron chi connectivity index (χ3n) is 4.97. The van der Waals surface area contributed by atoms with Crippen LogP contribution in [0, 0.1) is 0 Å². The molecular weight excluding hydrogens is 434 g/mol. The molecule has 3 heterocycles. The molecular formula is C21H17N5O3S2. The number of fused-ring (bicyclic) bond motifs is 3. The van der Waals surface area contributed by atoms with E-state index in [9.17, 15) is 8.42 Å². The number of hydrogen-bond donors (Lipinski definition) is 0. The average Bonchev–Trinajstić information content (AvgIpc) is 3.48. The van der Waals surface area contributed by atoms with Gasteiger partial charge in [0.05, 0.1) is 27.9 Å². The van der Waals surface area contributed by atoms with Gasteiger partial charge in [0, 0.05) is 7.05 Å². The van der Waals surface area contributed by atoms with Crippen molar-refractivity contribution in [3.63, 3.8) is 0 Å². The minimum Gasteiger partial charge on any atom is -0.497 e. The maximum atomic E-state index is 13.3. The summed E-state index contributed by atoms with van der Waals surface area (Å²) in [6.07, 6.45) is 0. The first-order valence-corrected chi connectivity index (χ1v) is 11.6. The Morgan fingerprint density at radius 2 is 1.77 bits per heavy atom. The van der Waals surface area contributed by atoms with E-state index in [1.54, 1.807) is 12.1 Å². The predicted octanol–water partition coefficient (Wildman–Crippen LogP) is 3.84. The van der Waals surface area contributed by atoms with E-state index in [2.05, 4.69) is 15.2 Å². The second-order valence-corrected chi connectivity index (χ2v) is 9.65. The van der Waals surface area contributed by atoms with Crippen LogP contribution in [0.25, 0.3) is 27.4 Å². The highest BCUT2D eigenvalue weighted by Crippen LogP contribution is 2.32. The van der Waals surface area contributed by atoms with Crippen molar-refractivity contribution in [1.29, 1.82) is 0 Å². The summed E-state index contributed by atoms with van der Waals surface area (Å²) in [4.78, 5) is 5.68. The second kappa shape index (κ2) is 7.33. The number of hydrogen-bond acceptors (Lipinski definition) is 7. The molecule has 0 aliphatic carbocycles. The summed E-state index contributed by atoms with van der Waals surface area (Å²) in [5.41, 5.74) is 1.80. The van der Waals surface area contributed by atoms with Gasteiger partial charge in [-0.3, -0.25) is 4.40 Å². The molecule has 8 nitrogen and oxygen atoms in total. The van der Waals surface area contributed by atoms with Crippen molar-refractivity contribution in [2.24, 2.45) is 0 Å². The van der Waals surface area contributed by atoms with Crippen molar-refractivity contribution in [2.75, 3.05) is 18.5 Å². The van der Waals surface area contributed by atoms with Crippen LogP contribution in [0.2, 0.25) is 0 Å². The number of thiophene rings is 1. The first-order chi connectivity index (χ1) is 15.0. The number of anilines is 1. The molecule has 0 spiro atoms. The van der Waals surface area contributed by atoms with E-state index < -0.39 is 10.0 Å². The van der Waals surface area contributed by atoms with Gasteiger partial charge >= 0.3 is 0 Å². The molecule has 3 aromatic heterocycles. The molecule has 31 heavy (non-hydrogen) atoms. The first kappa shape index (κ1) is 19.5. The monoisotopic (exact) mass is 451 g/mol. The lowest BCUT2D eigenvalue weighted by molar-refractivity contribution is 0.414. The van der Waals surface area contributed by atoms with Gasteiger partial charge < -0.3 is 4.74 Å². The molecule has 0 unspecified atom stereocenters. The van der Waals surface area contributed by atoms with Crippen LogP contribution >= 0.6 is 11.3 Å². The van der Waals surface area contributed by atoms with Gasteiger partial charge in [-0.1, -0.05) is 18.2 Å². The zero-order chi connectivity index (χ0) is 21.6. The molecule has 0 bridgehead atoms. The molecule has 0 fully saturated rings. The van der Waals surface area contributed by atoms with E-state index in [1.807, 2.05) is 46.2 Å². The second-order valence-electron chi connectivity index (χ2n) is 6.73. The fourth-order valence-corrected chi connectivity index (χ4v) is 5.21. The molecule has 5 aromatic rings. The van der Waals surface area contributed by atoms with Crippen LogP contribution in [0.4, 0.5) is 5.82 Å². The van der Waals surface area contributed by atoms with Gasteiger partial charge in [0.2, 0.25) is 5.65 Å². The molecule has 5 rings (SSSR count). The SMILES string of the molecule is COc1ccc(S(=O)(=O)N(C)c2nc3ccccc3n3c(-c4cccs4)nnc23)cc1.